The number of thioether (sulfide) groups is 1. The van der Waals surface area contributed by atoms with Crippen LogP contribution in [0.4, 0.5) is 0 Å². The van der Waals surface area contributed by atoms with Crippen molar-refractivity contribution in [1.29, 1.82) is 0 Å². The smallest absolute Gasteiger partial charge is 0.341 e. The highest BCUT2D eigenvalue weighted by molar-refractivity contribution is 8.26. The van der Waals surface area contributed by atoms with Gasteiger partial charge in [-0.25, -0.2) is 4.79 Å². The molecule has 0 aromatic heterocycles. The van der Waals surface area contributed by atoms with Crippen molar-refractivity contribution in [2.24, 2.45) is 0 Å². The summed E-state index contributed by atoms with van der Waals surface area (Å²) < 4.78 is 11.3. The summed E-state index contributed by atoms with van der Waals surface area (Å²) in [7, 11) is 0. The zero-order valence-corrected chi connectivity index (χ0v) is 15.2. The van der Waals surface area contributed by atoms with Crippen LogP contribution in [0.5, 0.6) is 11.5 Å². The lowest BCUT2D eigenvalue weighted by Gasteiger charge is -2.13. The fourth-order valence-corrected chi connectivity index (χ4v) is 3.40. The molecule has 132 valence electrons. The number of ether oxygens (including phenoxy) is 2. The highest BCUT2D eigenvalue weighted by Gasteiger charge is 2.31. The maximum Gasteiger partial charge on any atom is 0.341 e. The zero-order chi connectivity index (χ0) is 18.4. The number of carbonyl (C=O) groups excluding carboxylic acids is 1. The van der Waals surface area contributed by atoms with Crippen LogP contribution in [-0.4, -0.2) is 46.0 Å². The second-order valence-electron chi connectivity index (χ2n) is 4.87. The average molecular weight is 379 g/mol. The number of rotatable bonds is 8. The van der Waals surface area contributed by atoms with Gasteiger partial charge in [0, 0.05) is 12.1 Å². The molecule has 0 radical (unpaired) electrons. The maximum absolute atomic E-state index is 12.4. The quantitative estimate of drug-likeness (QED) is 0.423. The number of amides is 1. The molecule has 0 unspecified atom stereocenters. The van der Waals surface area contributed by atoms with Gasteiger partial charge in [0.2, 0.25) is 0 Å². The Labute approximate surface area is 155 Å². The van der Waals surface area contributed by atoms with E-state index in [1.54, 1.807) is 30.4 Å². The molecule has 6 nitrogen and oxygen atoms in total. The van der Waals surface area contributed by atoms with Crippen LogP contribution in [0.15, 0.2) is 35.8 Å². The summed E-state index contributed by atoms with van der Waals surface area (Å²) in [5.74, 6) is -0.629. The van der Waals surface area contributed by atoms with E-state index in [4.69, 9.17) is 26.8 Å². The summed E-state index contributed by atoms with van der Waals surface area (Å²) >= 11 is 6.39. The standard InChI is InChI=1S/C17H17NO5S2/c1-3-8-18-16(21)13(25-17(18)24)9-11-6-5-7-12(22-4-2)15(11)23-10-14(19)20/h3,5-7,9H,1,4,8,10H2,2H3,(H,19,20). The third kappa shape index (κ3) is 4.61. The van der Waals surface area contributed by atoms with Gasteiger partial charge in [-0.3, -0.25) is 9.69 Å². The van der Waals surface area contributed by atoms with Crippen molar-refractivity contribution in [3.63, 3.8) is 0 Å². The topological polar surface area (TPSA) is 76.1 Å². The number of carboxylic acid groups (broad SMARTS) is 1. The Balaban J connectivity index is 2.39. The molecule has 1 amide bonds. The van der Waals surface area contributed by atoms with Gasteiger partial charge >= 0.3 is 5.97 Å². The third-order valence-corrected chi connectivity index (χ3v) is 4.50. The molecule has 0 saturated carbocycles. The minimum absolute atomic E-state index is 0.221. The Morgan fingerprint density at radius 2 is 2.20 bits per heavy atom. The van der Waals surface area contributed by atoms with Gasteiger partial charge < -0.3 is 14.6 Å². The van der Waals surface area contributed by atoms with Gasteiger partial charge in [-0.15, -0.1) is 6.58 Å². The van der Waals surface area contributed by atoms with E-state index < -0.39 is 12.6 Å². The Morgan fingerprint density at radius 1 is 1.44 bits per heavy atom. The lowest BCUT2D eigenvalue weighted by Crippen LogP contribution is -2.27. The number of hydrogen-bond donors (Lipinski definition) is 1. The molecule has 1 aliphatic rings. The Kier molecular flexibility index (Phi) is 6.60. The lowest BCUT2D eigenvalue weighted by molar-refractivity contribution is -0.139. The van der Waals surface area contributed by atoms with Gasteiger partial charge in [-0.05, 0) is 19.1 Å². The molecule has 0 atom stereocenters. The van der Waals surface area contributed by atoms with Gasteiger partial charge in [0.15, 0.2) is 18.1 Å². The van der Waals surface area contributed by atoms with Crippen LogP contribution in [0.25, 0.3) is 6.08 Å². The first-order valence-corrected chi connectivity index (χ1v) is 8.67. The van der Waals surface area contributed by atoms with Gasteiger partial charge in [0.25, 0.3) is 5.91 Å². The molecule has 1 aromatic carbocycles. The van der Waals surface area contributed by atoms with E-state index in [-0.39, 0.29) is 11.7 Å². The highest BCUT2D eigenvalue weighted by Crippen LogP contribution is 2.37. The van der Waals surface area contributed by atoms with Crippen LogP contribution >= 0.6 is 24.0 Å². The van der Waals surface area contributed by atoms with E-state index in [1.807, 2.05) is 6.92 Å². The minimum Gasteiger partial charge on any atom is -0.490 e. The van der Waals surface area contributed by atoms with Crippen LogP contribution in [0.3, 0.4) is 0 Å². The van der Waals surface area contributed by atoms with Crippen molar-refractivity contribution < 1.29 is 24.2 Å². The Morgan fingerprint density at radius 3 is 2.84 bits per heavy atom. The number of carboxylic acids is 1. The molecule has 1 fully saturated rings. The van der Waals surface area contributed by atoms with Crippen LogP contribution in [0.1, 0.15) is 12.5 Å². The first kappa shape index (κ1) is 19.0. The second kappa shape index (κ2) is 8.68. The minimum atomic E-state index is -1.10. The highest BCUT2D eigenvalue weighted by atomic mass is 32.2. The molecule has 1 aliphatic heterocycles. The molecule has 25 heavy (non-hydrogen) atoms. The number of thiocarbonyl (C=S) groups is 1. The average Bonchev–Trinajstić information content (AvgIpc) is 2.82. The van der Waals surface area contributed by atoms with Crippen LogP contribution in [0.2, 0.25) is 0 Å². The number of aliphatic carboxylic acids is 1. The van der Waals surface area contributed by atoms with Crippen molar-refractivity contribution in [2.45, 2.75) is 6.92 Å². The van der Waals surface area contributed by atoms with E-state index in [0.717, 1.165) is 0 Å². The fraction of sp³-hybridized carbons (Fsp3) is 0.235. The molecule has 8 heteroatoms. The molecule has 1 aromatic rings. The van der Waals surface area contributed by atoms with Gasteiger partial charge in [-0.2, -0.15) is 0 Å². The molecular formula is C17H17NO5S2. The molecule has 0 bridgehead atoms. The van der Waals surface area contributed by atoms with E-state index >= 15 is 0 Å². The molecule has 1 saturated heterocycles. The van der Waals surface area contributed by atoms with E-state index in [2.05, 4.69) is 6.58 Å². The van der Waals surface area contributed by atoms with Crippen LogP contribution < -0.4 is 9.47 Å². The number of carbonyl (C=O) groups is 2. The van der Waals surface area contributed by atoms with E-state index in [0.29, 0.717) is 33.7 Å². The predicted molar refractivity (Wildman–Crippen MR) is 101 cm³/mol. The SMILES string of the molecule is C=CCN1C(=O)C(=Cc2cccc(OCC)c2OCC(=O)O)SC1=S. The summed E-state index contributed by atoms with van der Waals surface area (Å²) in [5, 5.41) is 8.87. The molecule has 0 spiro atoms. The van der Waals surface area contributed by atoms with Crippen molar-refractivity contribution in [2.75, 3.05) is 19.8 Å². The molecular weight excluding hydrogens is 362 g/mol. The molecule has 1 N–H and O–H groups in total. The summed E-state index contributed by atoms with van der Waals surface area (Å²) in [4.78, 5) is 25.1. The predicted octanol–water partition coefficient (Wildman–Crippen LogP) is 2.94. The van der Waals surface area contributed by atoms with Crippen LogP contribution in [0, 0.1) is 0 Å². The van der Waals surface area contributed by atoms with E-state index in [9.17, 15) is 9.59 Å². The summed E-state index contributed by atoms with van der Waals surface area (Å²) in [6.07, 6.45) is 3.23. The zero-order valence-electron chi connectivity index (χ0n) is 13.6. The fourth-order valence-electron chi connectivity index (χ4n) is 2.13. The van der Waals surface area contributed by atoms with Crippen molar-refractivity contribution >= 4 is 46.3 Å². The van der Waals surface area contributed by atoms with Crippen molar-refractivity contribution in [1.82, 2.24) is 4.90 Å². The summed E-state index contributed by atoms with van der Waals surface area (Å²) in [6, 6.07) is 5.15. The molecule has 2 rings (SSSR count). The maximum atomic E-state index is 12.4. The van der Waals surface area contributed by atoms with Gasteiger partial charge in [0.05, 0.1) is 11.5 Å². The second-order valence-corrected chi connectivity index (χ2v) is 6.55. The van der Waals surface area contributed by atoms with E-state index in [1.165, 1.54) is 16.7 Å². The molecule has 1 heterocycles. The Hall–Kier alpha value is -2.32. The van der Waals surface area contributed by atoms with Crippen molar-refractivity contribution in [3.8, 4) is 11.5 Å². The third-order valence-electron chi connectivity index (χ3n) is 3.12. The number of hydrogen-bond acceptors (Lipinski definition) is 6. The number of benzene rings is 1. The largest absolute Gasteiger partial charge is 0.490 e. The number of para-hydroxylation sites is 1. The normalized spacial score (nSPS) is 15.6. The summed E-state index contributed by atoms with van der Waals surface area (Å²) in [5.41, 5.74) is 0.548. The summed E-state index contributed by atoms with van der Waals surface area (Å²) in [6.45, 7) is 5.65. The first-order chi connectivity index (χ1) is 12.0. The van der Waals surface area contributed by atoms with Crippen LogP contribution in [-0.2, 0) is 9.59 Å². The lowest BCUT2D eigenvalue weighted by atomic mass is 10.1. The van der Waals surface area contributed by atoms with Crippen molar-refractivity contribution in [3.05, 3.63) is 41.3 Å². The first-order valence-electron chi connectivity index (χ1n) is 7.44. The van der Waals surface area contributed by atoms with Gasteiger partial charge in [-0.1, -0.05) is 42.2 Å². The monoisotopic (exact) mass is 379 g/mol. The van der Waals surface area contributed by atoms with Gasteiger partial charge in [0.1, 0.15) is 4.32 Å². The molecule has 0 aliphatic carbocycles. The Bertz CT molecular complexity index is 745. The number of nitrogens with zero attached hydrogens (tertiary/aromatic N) is 1.